The van der Waals surface area contributed by atoms with E-state index in [4.69, 9.17) is 4.18 Å². The van der Waals surface area contributed by atoms with Crippen LogP contribution in [0.4, 0.5) is 0 Å². The molecule has 31 heavy (non-hydrogen) atoms. The molecule has 0 radical (unpaired) electrons. The largest absolute Gasteiger partial charge is 0.296 e. The van der Waals surface area contributed by atoms with Gasteiger partial charge in [-0.2, -0.15) is 8.42 Å². The maximum atomic E-state index is 13.3. The smallest absolute Gasteiger partial charge is 0.289 e. The molecule has 0 heterocycles. The minimum atomic E-state index is -3.82. The van der Waals surface area contributed by atoms with E-state index in [9.17, 15) is 13.2 Å². The zero-order valence-corrected chi connectivity index (χ0v) is 20.5. The molecule has 0 saturated carbocycles. The van der Waals surface area contributed by atoms with E-state index in [-0.39, 0.29) is 34.0 Å². The minimum Gasteiger partial charge on any atom is -0.289 e. The predicted molar refractivity (Wildman–Crippen MR) is 124 cm³/mol. The second kappa shape index (κ2) is 8.18. The number of benzene rings is 2. The second-order valence-electron chi connectivity index (χ2n) is 10.5. The topological polar surface area (TPSA) is 60.4 Å². The molecule has 0 amide bonds. The number of aryl methyl sites for hydroxylation is 1. The van der Waals surface area contributed by atoms with Crippen LogP contribution in [0, 0.1) is 12.8 Å². The van der Waals surface area contributed by atoms with Crippen LogP contribution in [0.25, 0.3) is 0 Å². The van der Waals surface area contributed by atoms with Crippen molar-refractivity contribution in [1.29, 1.82) is 0 Å². The van der Waals surface area contributed by atoms with E-state index in [2.05, 4.69) is 39.8 Å². The van der Waals surface area contributed by atoms with Gasteiger partial charge in [0.15, 0.2) is 5.78 Å². The van der Waals surface area contributed by atoms with Crippen molar-refractivity contribution in [3.8, 4) is 0 Å². The first-order valence-electron chi connectivity index (χ1n) is 10.9. The third-order valence-electron chi connectivity index (χ3n) is 6.40. The van der Waals surface area contributed by atoms with Crippen molar-refractivity contribution < 1.29 is 17.4 Å². The molecule has 0 saturated heterocycles. The fourth-order valence-electron chi connectivity index (χ4n) is 4.19. The van der Waals surface area contributed by atoms with Crippen molar-refractivity contribution >= 4 is 15.9 Å². The first-order valence-corrected chi connectivity index (χ1v) is 12.4. The van der Waals surface area contributed by atoms with Crippen molar-refractivity contribution in [1.82, 2.24) is 0 Å². The molecule has 2 aromatic rings. The standard InChI is InChI=1S/C26H34O4S/c1-17(2)16-30-31(28,29)20-10-8-19(9-11-20)24(27)21-15-23-22(14-18(21)3)25(4,5)12-13-26(23,6)7/h8-11,14-15,17H,12-13,16H2,1-7H3. The molecule has 5 heteroatoms. The summed E-state index contributed by atoms with van der Waals surface area (Å²) in [4.78, 5) is 13.4. The van der Waals surface area contributed by atoms with Crippen LogP contribution in [0.15, 0.2) is 41.3 Å². The maximum absolute atomic E-state index is 13.3. The lowest BCUT2D eigenvalue weighted by Crippen LogP contribution is -2.34. The Morgan fingerprint density at radius 1 is 0.968 bits per heavy atom. The average Bonchev–Trinajstić information content (AvgIpc) is 2.69. The molecule has 0 fully saturated rings. The van der Waals surface area contributed by atoms with E-state index in [1.54, 1.807) is 12.1 Å². The van der Waals surface area contributed by atoms with Gasteiger partial charge in [-0.3, -0.25) is 8.98 Å². The molecule has 2 aromatic carbocycles. The lowest BCUT2D eigenvalue weighted by Gasteiger charge is -2.42. The van der Waals surface area contributed by atoms with Crippen molar-refractivity contribution in [3.05, 3.63) is 64.2 Å². The van der Waals surface area contributed by atoms with Crippen LogP contribution in [0.3, 0.4) is 0 Å². The van der Waals surface area contributed by atoms with E-state index < -0.39 is 10.1 Å². The molecule has 1 aliphatic carbocycles. The number of hydrogen-bond acceptors (Lipinski definition) is 4. The summed E-state index contributed by atoms with van der Waals surface area (Å²) < 4.78 is 29.7. The van der Waals surface area contributed by atoms with E-state index in [0.29, 0.717) is 11.1 Å². The molecule has 0 atom stereocenters. The molecule has 0 spiro atoms. The van der Waals surface area contributed by atoms with Crippen molar-refractivity contribution in [3.63, 3.8) is 0 Å². The van der Waals surface area contributed by atoms with Gasteiger partial charge >= 0.3 is 0 Å². The summed E-state index contributed by atoms with van der Waals surface area (Å²) in [6.45, 7) is 14.9. The Morgan fingerprint density at radius 2 is 1.48 bits per heavy atom. The first-order chi connectivity index (χ1) is 14.2. The minimum absolute atomic E-state index is 0.0132. The summed E-state index contributed by atoms with van der Waals surface area (Å²) in [7, 11) is -3.82. The van der Waals surface area contributed by atoms with Gasteiger partial charge in [-0.05, 0) is 83.5 Å². The maximum Gasteiger partial charge on any atom is 0.296 e. The first kappa shape index (κ1) is 23.7. The summed E-state index contributed by atoms with van der Waals surface area (Å²) in [6, 6.07) is 10.3. The van der Waals surface area contributed by atoms with Crippen LogP contribution in [-0.2, 0) is 25.1 Å². The molecule has 4 nitrogen and oxygen atoms in total. The molecule has 0 bridgehead atoms. The van der Waals surface area contributed by atoms with Gasteiger partial charge in [-0.25, -0.2) is 0 Å². The Balaban J connectivity index is 1.95. The summed E-state index contributed by atoms with van der Waals surface area (Å²) in [5, 5.41) is 0. The Morgan fingerprint density at radius 3 is 2.00 bits per heavy atom. The van der Waals surface area contributed by atoms with E-state index in [1.165, 1.54) is 23.3 Å². The van der Waals surface area contributed by atoms with Crippen LogP contribution >= 0.6 is 0 Å². The number of carbonyl (C=O) groups is 1. The van der Waals surface area contributed by atoms with Gasteiger partial charge < -0.3 is 0 Å². The van der Waals surface area contributed by atoms with Crippen LogP contribution in [0.1, 0.15) is 87.0 Å². The third-order valence-corrected chi connectivity index (χ3v) is 7.70. The molecule has 0 aromatic heterocycles. The van der Waals surface area contributed by atoms with Gasteiger partial charge in [0.05, 0.1) is 11.5 Å². The van der Waals surface area contributed by atoms with Gasteiger partial charge in [0, 0.05) is 11.1 Å². The summed E-state index contributed by atoms with van der Waals surface area (Å²) in [5.74, 6) is 0.0170. The van der Waals surface area contributed by atoms with Gasteiger partial charge in [0.25, 0.3) is 10.1 Å². The fraction of sp³-hybridized carbons (Fsp3) is 0.500. The second-order valence-corrected chi connectivity index (χ2v) is 12.1. The highest BCUT2D eigenvalue weighted by atomic mass is 32.2. The zero-order chi connectivity index (χ0) is 23.2. The monoisotopic (exact) mass is 442 g/mol. The highest BCUT2D eigenvalue weighted by molar-refractivity contribution is 7.86. The van der Waals surface area contributed by atoms with Crippen LogP contribution in [0.2, 0.25) is 0 Å². The molecule has 0 aliphatic heterocycles. The third kappa shape index (κ3) is 4.78. The predicted octanol–water partition coefficient (Wildman–Crippen LogP) is 5.94. The number of hydrogen-bond donors (Lipinski definition) is 0. The highest BCUT2D eigenvalue weighted by Gasteiger charge is 2.37. The zero-order valence-electron chi connectivity index (χ0n) is 19.7. The Kier molecular flexibility index (Phi) is 6.25. The van der Waals surface area contributed by atoms with E-state index in [1.807, 2.05) is 20.8 Å². The molecule has 3 rings (SSSR count). The molecular weight excluding hydrogens is 408 g/mol. The Labute approximate surface area is 187 Å². The Bertz CT molecular complexity index is 1090. The van der Waals surface area contributed by atoms with Crippen LogP contribution in [0.5, 0.6) is 0 Å². The van der Waals surface area contributed by atoms with Crippen LogP contribution in [-0.4, -0.2) is 20.8 Å². The quantitative estimate of drug-likeness (QED) is 0.410. The molecule has 0 N–H and O–H groups in total. The van der Waals surface area contributed by atoms with Gasteiger partial charge in [0.1, 0.15) is 0 Å². The number of carbonyl (C=O) groups excluding carboxylic acids is 1. The Hall–Kier alpha value is -1.98. The summed E-state index contributed by atoms with van der Waals surface area (Å²) in [5.41, 5.74) is 4.75. The van der Waals surface area contributed by atoms with Crippen molar-refractivity contribution in [2.24, 2.45) is 5.92 Å². The molecule has 168 valence electrons. The molecule has 0 unspecified atom stereocenters. The van der Waals surface area contributed by atoms with Gasteiger partial charge in [-0.15, -0.1) is 0 Å². The fourth-order valence-corrected chi connectivity index (χ4v) is 5.25. The summed E-state index contributed by atoms with van der Waals surface area (Å²) in [6.07, 6.45) is 2.20. The lowest BCUT2D eigenvalue weighted by molar-refractivity contribution is 0.103. The van der Waals surface area contributed by atoms with Gasteiger partial charge in [-0.1, -0.05) is 47.6 Å². The number of fused-ring (bicyclic) bond motifs is 1. The van der Waals surface area contributed by atoms with Crippen molar-refractivity contribution in [2.75, 3.05) is 6.61 Å². The lowest BCUT2D eigenvalue weighted by atomic mass is 9.62. The average molecular weight is 443 g/mol. The highest BCUT2D eigenvalue weighted by Crippen LogP contribution is 2.46. The van der Waals surface area contributed by atoms with E-state index in [0.717, 1.165) is 18.4 Å². The van der Waals surface area contributed by atoms with E-state index >= 15 is 0 Å². The SMILES string of the molecule is Cc1cc2c(cc1C(=O)c1ccc(S(=O)(=O)OCC(C)C)cc1)C(C)(C)CCC2(C)C. The van der Waals surface area contributed by atoms with Crippen molar-refractivity contribution in [2.45, 2.75) is 77.0 Å². The van der Waals surface area contributed by atoms with Gasteiger partial charge in [0.2, 0.25) is 0 Å². The number of ketones is 1. The molecular formula is C26H34O4S. The normalized spacial score (nSPS) is 17.4. The number of rotatable bonds is 6. The summed E-state index contributed by atoms with van der Waals surface area (Å²) >= 11 is 0. The van der Waals surface area contributed by atoms with Crippen LogP contribution < -0.4 is 0 Å². The molecule has 1 aliphatic rings.